The summed E-state index contributed by atoms with van der Waals surface area (Å²) in [5.74, 6) is 0. The molecular formula is C17H25N3O. The summed E-state index contributed by atoms with van der Waals surface area (Å²) < 4.78 is 0. The second-order valence-corrected chi connectivity index (χ2v) is 6.68. The van der Waals surface area contributed by atoms with E-state index in [1.54, 1.807) is 0 Å². The Labute approximate surface area is 126 Å². The van der Waals surface area contributed by atoms with Gasteiger partial charge in [-0.25, -0.2) is 0 Å². The van der Waals surface area contributed by atoms with E-state index in [4.69, 9.17) is 0 Å². The summed E-state index contributed by atoms with van der Waals surface area (Å²) in [4.78, 5) is 7.68. The SMILES string of the molecule is CN(C)CC1(O)CCCN(Cc2ccc3[nH]ccc3c2)C1. The quantitative estimate of drug-likeness (QED) is 0.904. The highest BCUT2D eigenvalue weighted by Crippen LogP contribution is 2.24. The maximum atomic E-state index is 10.7. The molecule has 0 spiro atoms. The number of hydrogen-bond donors (Lipinski definition) is 2. The topological polar surface area (TPSA) is 42.5 Å². The van der Waals surface area contributed by atoms with Gasteiger partial charge in [-0.3, -0.25) is 4.90 Å². The van der Waals surface area contributed by atoms with E-state index in [-0.39, 0.29) is 0 Å². The van der Waals surface area contributed by atoms with Gasteiger partial charge in [-0.05, 0) is 62.6 Å². The number of rotatable bonds is 4. The van der Waals surface area contributed by atoms with Crippen LogP contribution in [0.5, 0.6) is 0 Å². The van der Waals surface area contributed by atoms with Gasteiger partial charge in [0.05, 0.1) is 5.60 Å². The average molecular weight is 287 g/mol. The van der Waals surface area contributed by atoms with Gasteiger partial charge in [-0.1, -0.05) is 6.07 Å². The van der Waals surface area contributed by atoms with Crippen molar-refractivity contribution in [2.24, 2.45) is 0 Å². The number of aliphatic hydroxyl groups is 1. The fourth-order valence-electron chi connectivity index (χ4n) is 3.52. The highest BCUT2D eigenvalue weighted by molar-refractivity contribution is 5.79. The molecule has 1 saturated heterocycles. The number of hydrogen-bond acceptors (Lipinski definition) is 3. The Bertz CT molecular complexity index is 607. The molecule has 21 heavy (non-hydrogen) atoms. The highest BCUT2D eigenvalue weighted by Gasteiger charge is 2.33. The zero-order valence-electron chi connectivity index (χ0n) is 13.0. The Balaban J connectivity index is 1.69. The molecule has 1 fully saturated rings. The molecule has 1 aromatic carbocycles. The predicted molar refractivity (Wildman–Crippen MR) is 86.3 cm³/mol. The second kappa shape index (κ2) is 5.79. The monoisotopic (exact) mass is 287 g/mol. The molecule has 2 aromatic rings. The van der Waals surface area contributed by atoms with Crippen LogP contribution in [0.4, 0.5) is 0 Å². The van der Waals surface area contributed by atoms with Crippen molar-refractivity contribution in [3.05, 3.63) is 36.0 Å². The van der Waals surface area contributed by atoms with Crippen LogP contribution < -0.4 is 0 Å². The first-order valence-electron chi connectivity index (χ1n) is 7.70. The number of likely N-dealkylation sites (N-methyl/N-ethyl adjacent to an activating group) is 1. The number of nitrogens with one attached hydrogen (secondary N) is 1. The number of benzene rings is 1. The summed E-state index contributed by atoms with van der Waals surface area (Å²) in [6, 6.07) is 8.67. The van der Waals surface area contributed by atoms with Crippen LogP contribution in [-0.2, 0) is 6.54 Å². The van der Waals surface area contributed by atoms with Crippen molar-refractivity contribution in [2.75, 3.05) is 33.7 Å². The second-order valence-electron chi connectivity index (χ2n) is 6.68. The first-order valence-corrected chi connectivity index (χ1v) is 7.70. The van der Waals surface area contributed by atoms with E-state index in [1.807, 2.05) is 20.3 Å². The van der Waals surface area contributed by atoms with Gasteiger partial charge in [0.15, 0.2) is 0 Å². The van der Waals surface area contributed by atoms with Crippen LogP contribution in [-0.4, -0.2) is 59.2 Å². The van der Waals surface area contributed by atoms with E-state index >= 15 is 0 Å². The number of nitrogens with zero attached hydrogens (tertiary/aromatic N) is 2. The number of fused-ring (bicyclic) bond motifs is 1. The lowest BCUT2D eigenvalue weighted by atomic mass is 9.92. The Morgan fingerprint density at radius 2 is 2.19 bits per heavy atom. The number of likely N-dealkylation sites (tertiary alicyclic amines) is 1. The average Bonchev–Trinajstić information content (AvgIpc) is 2.84. The summed E-state index contributed by atoms with van der Waals surface area (Å²) in [6.45, 7) is 3.48. The van der Waals surface area contributed by atoms with Crippen LogP contribution in [0.1, 0.15) is 18.4 Å². The molecule has 0 aliphatic carbocycles. The zero-order valence-corrected chi connectivity index (χ0v) is 13.0. The fourth-order valence-corrected chi connectivity index (χ4v) is 3.52. The van der Waals surface area contributed by atoms with E-state index in [1.165, 1.54) is 16.5 Å². The lowest BCUT2D eigenvalue weighted by Gasteiger charge is -2.40. The highest BCUT2D eigenvalue weighted by atomic mass is 16.3. The molecule has 0 saturated carbocycles. The Hall–Kier alpha value is -1.36. The number of H-pyrrole nitrogens is 1. The molecule has 1 atom stereocenters. The molecule has 4 heteroatoms. The van der Waals surface area contributed by atoms with Crippen molar-refractivity contribution in [2.45, 2.75) is 25.0 Å². The molecule has 4 nitrogen and oxygen atoms in total. The standard InChI is InChI=1S/C17H25N3O/c1-19(2)12-17(21)7-3-9-20(13-17)11-14-4-5-16-15(10-14)6-8-18-16/h4-6,8,10,18,21H,3,7,9,11-13H2,1-2H3. The van der Waals surface area contributed by atoms with Gasteiger partial charge in [0, 0.05) is 31.3 Å². The lowest BCUT2D eigenvalue weighted by molar-refractivity contribution is -0.0479. The molecule has 0 radical (unpaired) electrons. The van der Waals surface area contributed by atoms with E-state index in [9.17, 15) is 5.11 Å². The third-order valence-electron chi connectivity index (χ3n) is 4.27. The largest absolute Gasteiger partial charge is 0.387 e. The van der Waals surface area contributed by atoms with Crippen LogP contribution in [0.25, 0.3) is 10.9 Å². The summed E-state index contributed by atoms with van der Waals surface area (Å²) in [7, 11) is 4.05. The fraction of sp³-hybridized carbons (Fsp3) is 0.529. The Morgan fingerprint density at radius 1 is 1.33 bits per heavy atom. The first-order chi connectivity index (χ1) is 10.0. The molecular weight excluding hydrogens is 262 g/mol. The van der Waals surface area contributed by atoms with Gasteiger partial charge in [0.1, 0.15) is 0 Å². The van der Waals surface area contributed by atoms with Crippen LogP contribution in [0.3, 0.4) is 0 Å². The zero-order chi connectivity index (χ0) is 14.9. The minimum atomic E-state index is -0.570. The van der Waals surface area contributed by atoms with Crippen molar-refractivity contribution in [1.29, 1.82) is 0 Å². The summed E-state index contributed by atoms with van der Waals surface area (Å²) >= 11 is 0. The van der Waals surface area contributed by atoms with Crippen molar-refractivity contribution in [3.8, 4) is 0 Å². The van der Waals surface area contributed by atoms with E-state index in [0.717, 1.165) is 39.0 Å². The number of β-amino-alcohol motifs (C(OH)–C–C–N with tert-alkyl or cyclic N) is 1. The Kier molecular flexibility index (Phi) is 4.02. The van der Waals surface area contributed by atoms with Crippen molar-refractivity contribution in [1.82, 2.24) is 14.8 Å². The van der Waals surface area contributed by atoms with Gasteiger partial charge < -0.3 is 15.0 Å². The molecule has 1 unspecified atom stereocenters. The number of aromatic amines is 1. The van der Waals surface area contributed by atoms with Gasteiger partial charge in [-0.15, -0.1) is 0 Å². The summed E-state index contributed by atoms with van der Waals surface area (Å²) in [5, 5.41) is 12.0. The van der Waals surface area contributed by atoms with Gasteiger partial charge in [0.2, 0.25) is 0 Å². The van der Waals surface area contributed by atoms with Crippen LogP contribution in [0.15, 0.2) is 30.5 Å². The molecule has 114 valence electrons. The molecule has 3 rings (SSSR count). The number of piperidine rings is 1. The van der Waals surface area contributed by atoms with E-state index in [0.29, 0.717) is 0 Å². The molecule has 0 bridgehead atoms. The molecule has 2 heterocycles. The van der Waals surface area contributed by atoms with Crippen LogP contribution >= 0.6 is 0 Å². The summed E-state index contributed by atoms with van der Waals surface area (Å²) in [6.07, 6.45) is 3.94. The predicted octanol–water partition coefficient (Wildman–Crippen LogP) is 2.06. The normalized spacial score (nSPS) is 24.0. The minimum absolute atomic E-state index is 0.570. The number of aromatic nitrogens is 1. The van der Waals surface area contributed by atoms with E-state index in [2.05, 4.69) is 39.0 Å². The van der Waals surface area contributed by atoms with Crippen LogP contribution in [0, 0.1) is 0 Å². The first kappa shape index (κ1) is 14.6. The third-order valence-corrected chi connectivity index (χ3v) is 4.27. The van der Waals surface area contributed by atoms with Crippen molar-refractivity contribution >= 4 is 10.9 Å². The molecule has 1 aromatic heterocycles. The van der Waals surface area contributed by atoms with E-state index < -0.39 is 5.60 Å². The van der Waals surface area contributed by atoms with Crippen molar-refractivity contribution < 1.29 is 5.11 Å². The van der Waals surface area contributed by atoms with Gasteiger partial charge >= 0.3 is 0 Å². The van der Waals surface area contributed by atoms with Crippen molar-refractivity contribution in [3.63, 3.8) is 0 Å². The third kappa shape index (κ3) is 3.46. The maximum Gasteiger partial charge on any atom is 0.0900 e. The summed E-state index contributed by atoms with van der Waals surface area (Å²) in [5.41, 5.74) is 1.93. The Morgan fingerprint density at radius 3 is 3.00 bits per heavy atom. The van der Waals surface area contributed by atoms with Gasteiger partial charge in [-0.2, -0.15) is 0 Å². The molecule has 0 amide bonds. The molecule has 2 N–H and O–H groups in total. The van der Waals surface area contributed by atoms with Gasteiger partial charge in [0.25, 0.3) is 0 Å². The smallest absolute Gasteiger partial charge is 0.0900 e. The maximum absolute atomic E-state index is 10.7. The van der Waals surface area contributed by atoms with Crippen LogP contribution in [0.2, 0.25) is 0 Å². The molecule has 1 aliphatic heterocycles. The minimum Gasteiger partial charge on any atom is -0.387 e. The molecule has 1 aliphatic rings. The lowest BCUT2D eigenvalue weighted by Crippen LogP contribution is -2.52.